The maximum Gasteiger partial charge on any atom is 0.268 e. The number of anilines is 1. The number of rotatable bonds is 4. The number of carbonyl (C=O) groups excluding carboxylic acids is 1. The van der Waals surface area contributed by atoms with Gasteiger partial charge in [0.05, 0.1) is 17.4 Å². The molecule has 21 heavy (non-hydrogen) atoms. The van der Waals surface area contributed by atoms with E-state index >= 15 is 0 Å². The third-order valence-electron chi connectivity index (χ3n) is 3.91. The highest BCUT2D eigenvalue weighted by Gasteiger charge is 2.28. The molecule has 0 saturated heterocycles. The van der Waals surface area contributed by atoms with Gasteiger partial charge in [-0.1, -0.05) is 5.16 Å². The van der Waals surface area contributed by atoms with E-state index in [0.29, 0.717) is 17.4 Å². The van der Waals surface area contributed by atoms with Crippen molar-refractivity contribution in [3.05, 3.63) is 35.0 Å². The minimum atomic E-state index is -0.160. The first-order valence-corrected chi connectivity index (χ1v) is 7.18. The molecule has 0 radical (unpaired) electrons. The van der Waals surface area contributed by atoms with Gasteiger partial charge >= 0.3 is 0 Å². The predicted octanol–water partition coefficient (Wildman–Crippen LogP) is 2.50. The van der Waals surface area contributed by atoms with E-state index in [1.54, 1.807) is 6.07 Å². The molecule has 3 N–H and O–H groups in total. The van der Waals surface area contributed by atoms with Crippen molar-refractivity contribution in [1.82, 2.24) is 15.0 Å². The van der Waals surface area contributed by atoms with Crippen LogP contribution < -0.4 is 11.1 Å². The van der Waals surface area contributed by atoms with Gasteiger partial charge in [-0.3, -0.25) is 4.79 Å². The normalized spacial score (nSPS) is 16.0. The second-order valence-electron chi connectivity index (χ2n) is 5.73. The number of nitrogen functional groups attached to an aromatic ring is 1. The predicted molar refractivity (Wildman–Crippen MR) is 79.0 cm³/mol. The average Bonchev–Trinajstić information content (AvgIpc) is 3.11. The lowest BCUT2D eigenvalue weighted by atomic mass is 10.1. The second kappa shape index (κ2) is 4.95. The van der Waals surface area contributed by atoms with E-state index in [2.05, 4.69) is 10.5 Å². The summed E-state index contributed by atoms with van der Waals surface area (Å²) >= 11 is 0. The molecule has 6 nitrogen and oxygen atoms in total. The Labute approximate surface area is 123 Å². The van der Waals surface area contributed by atoms with Crippen molar-refractivity contribution in [1.29, 1.82) is 0 Å². The molecule has 112 valence electrons. The number of amides is 1. The molecular weight excluding hydrogens is 268 g/mol. The van der Waals surface area contributed by atoms with Crippen LogP contribution in [0, 0.1) is 13.8 Å². The van der Waals surface area contributed by atoms with Gasteiger partial charge in [0.1, 0.15) is 11.5 Å². The molecule has 1 aliphatic rings. The van der Waals surface area contributed by atoms with E-state index in [4.69, 9.17) is 10.3 Å². The summed E-state index contributed by atoms with van der Waals surface area (Å²) in [4.78, 5) is 12.5. The van der Waals surface area contributed by atoms with Crippen LogP contribution in [0.3, 0.4) is 0 Å². The fraction of sp³-hybridized carbons (Fsp3) is 0.467. The fourth-order valence-corrected chi connectivity index (χ4v) is 2.79. The van der Waals surface area contributed by atoms with Crippen molar-refractivity contribution in [3.8, 4) is 0 Å². The lowest BCUT2D eigenvalue weighted by Gasteiger charge is -2.15. The van der Waals surface area contributed by atoms with Gasteiger partial charge in [-0.05, 0) is 39.7 Å². The van der Waals surface area contributed by atoms with Crippen molar-refractivity contribution >= 4 is 11.6 Å². The molecule has 0 spiro atoms. The largest absolute Gasteiger partial charge is 0.397 e. The van der Waals surface area contributed by atoms with Crippen LogP contribution in [0.15, 0.2) is 16.8 Å². The maximum absolute atomic E-state index is 12.5. The van der Waals surface area contributed by atoms with E-state index in [0.717, 1.165) is 29.9 Å². The van der Waals surface area contributed by atoms with Crippen LogP contribution >= 0.6 is 0 Å². The Bertz CT molecular complexity index is 662. The van der Waals surface area contributed by atoms with Gasteiger partial charge in [0, 0.05) is 17.8 Å². The molecule has 2 aromatic heterocycles. The average molecular weight is 288 g/mol. The molecule has 0 bridgehead atoms. The molecular formula is C15H20N4O2. The van der Waals surface area contributed by atoms with Crippen LogP contribution in [-0.2, 0) is 0 Å². The Balaban J connectivity index is 1.80. The van der Waals surface area contributed by atoms with Crippen LogP contribution in [0.2, 0.25) is 0 Å². The zero-order valence-electron chi connectivity index (χ0n) is 12.5. The van der Waals surface area contributed by atoms with Crippen molar-refractivity contribution in [2.24, 2.45) is 0 Å². The summed E-state index contributed by atoms with van der Waals surface area (Å²) in [7, 11) is 0. The van der Waals surface area contributed by atoms with Crippen molar-refractivity contribution < 1.29 is 9.32 Å². The van der Waals surface area contributed by atoms with Crippen molar-refractivity contribution in [2.45, 2.75) is 45.7 Å². The van der Waals surface area contributed by atoms with E-state index in [-0.39, 0.29) is 11.9 Å². The fourth-order valence-electron chi connectivity index (χ4n) is 2.79. The number of nitrogens with zero attached hydrogens (tertiary/aromatic N) is 2. The Kier molecular flexibility index (Phi) is 3.23. The third-order valence-corrected chi connectivity index (χ3v) is 3.91. The quantitative estimate of drug-likeness (QED) is 0.905. The van der Waals surface area contributed by atoms with Crippen molar-refractivity contribution in [3.63, 3.8) is 0 Å². The summed E-state index contributed by atoms with van der Waals surface area (Å²) < 4.78 is 7.13. The van der Waals surface area contributed by atoms with Gasteiger partial charge in [0.2, 0.25) is 0 Å². The Morgan fingerprint density at radius 2 is 2.24 bits per heavy atom. The molecule has 1 saturated carbocycles. The van der Waals surface area contributed by atoms with Crippen LogP contribution in [0.25, 0.3) is 0 Å². The minimum Gasteiger partial charge on any atom is -0.397 e. The molecule has 1 unspecified atom stereocenters. The lowest BCUT2D eigenvalue weighted by Crippen LogP contribution is -2.29. The smallest absolute Gasteiger partial charge is 0.268 e. The summed E-state index contributed by atoms with van der Waals surface area (Å²) in [6.45, 7) is 5.65. The highest BCUT2D eigenvalue weighted by atomic mass is 16.5. The number of carbonyl (C=O) groups is 1. The Hall–Kier alpha value is -2.24. The standard InChI is InChI=1S/C15H20N4O2/c1-8(14-9(2)18-21-10(14)3)17-15(20)13-6-11(16)7-19(13)12-4-5-12/h6-8,12H,4-5,16H2,1-3H3,(H,17,20). The van der Waals surface area contributed by atoms with Gasteiger partial charge in [-0.15, -0.1) is 0 Å². The number of nitrogens with one attached hydrogen (secondary N) is 1. The number of hydrogen-bond acceptors (Lipinski definition) is 4. The Morgan fingerprint density at radius 1 is 1.52 bits per heavy atom. The molecule has 0 aliphatic heterocycles. The summed E-state index contributed by atoms with van der Waals surface area (Å²) in [6.07, 6.45) is 4.05. The second-order valence-corrected chi connectivity index (χ2v) is 5.73. The highest BCUT2D eigenvalue weighted by Crippen LogP contribution is 2.37. The van der Waals surface area contributed by atoms with E-state index in [1.165, 1.54) is 0 Å². The lowest BCUT2D eigenvalue weighted by molar-refractivity contribution is 0.0930. The molecule has 1 aliphatic carbocycles. The number of aromatic nitrogens is 2. The summed E-state index contributed by atoms with van der Waals surface area (Å²) in [5.41, 5.74) is 8.81. The van der Waals surface area contributed by atoms with E-state index in [1.807, 2.05) is 31.5 Å². The molecule has 3 rings (SSSR count). The SMILES string of the molecule is Cc1noc(C)c1C(C)NC(=O)c1cc(N)cn1C1CC1. The molecule has 1 fully saturated rings. The number of hydrogen-bond donors (Lipinski definition) is 2. The zero-order chi connectivity index (χ0) is 15.1. The van der Waals surface area contributed by atoms with Crippen LogP contribution in [0.5, 0.6) is 0 Å². The monoisotopic (exact) mass is 288 g/mol. The summed E-state index contributed by atoms with van der Waals surface area (Å²) in [6, 6.07) is 1.98. The topological polar surface area (TPSA) is 86.1 Å². The van der Waals surface area contributed by atoms with Crippen molar-refractivity contribution in [2.75, 3.05) is 5.73 Å². The van der Waals surface area contributed by atoms with E-state index < -0.39 is 0 Å². The van der Waals surface area contributed by atoms with Gasteiger partial charge < -0.3 is 20.1 Å². The molecule has 2 heterocycles. The maximum atomic E-state index is 12.5. The van der Waals surface area contributed by atoms with Crippen LogP contribution in [-0.4, -0.2) is 15.6 Å². The molecule has 1 atom stereocenters. The van der Waals surface area contributed by atoms with Gasteiger partial charge in [-0.2, -0.15) is 0 Å². The summed E-state index contributed by atoms with van der Waals surface area (Å²) in [5, 5.41) is 6.93. The third kappa shape index (κ3) is 2.53. The molecule has 1 amide bonds. The minimum absolute atomic E-state index is 0.119. The van der Waals surface area contributed by atoms with Gasteiger partial charge in [0.25, 0.3) is 5.91 Å². The number of nitrogens with two attached hydrogens (primary N) is 1. The van der Waals surface area contributed by atoms with Crippen LogP contribution in [0.1, 0.15) is 59.4 Å². The summed E-state index contributed by atoms with van der Waals surface area (Å²) in [5.74, 6) is 0.614. The first-order valence-electron chi connectivity index (χ1n) is 7.18. The molecule has 6 heteroatoms. The Morgan fingerprint density at radius 3 is 2.81 bits per heavy atom. The van der Waals surface area contributed by atoms with Crippen LogP contribution in [0.4, 0.5) is 5.69 Å². The van der Waals surface area contributed by atoms with Gasteiger partial charge in [-0.25, -0.2) is 0 Å². The molecule has 2 aromatic rings. The molecule has 0 aromatic carbocycles. The first kappa shape index (κ1) is 13.7. The first-order chi connectivity index (χ1) is 9.97. The number of aryl methyl sites for hydroxylation is 2. The van der Waals surface area contributed by atoms with Gasteiger partial charge in [0.15, 0.2) is 0 Å². The zero-order valence-corrected chi connectivity index (χ0v) is 12.5. The highest BCUT2D eigenvalue weighted by molar-refractivity contribution is 5.94. The van der Waals surface area contributed by atoms with E-state index in [9.17, 15) is 4.79 Å².